The second-order valence-corrected chi connectivity index (χ2v) is 6.82. The lowest BCUT2D eigenvalue weighted by atomic mass is 9.65. The van der Waals surface area contributed by atoms with Crippen LogP contribution >= 0.6 is 0 Å². The first-order valence-electron chi connectivity index (χ1n) is 6.86. The van der Waals surface area contributed by atoms with E-state index >= 15 is 0 Å². The minimum Gasteiger partial charge on any atom is -0.381 e. The fourth-order valence-electron chi connectivity index (χ4n) is 3.75. The van der Waals surface area contributed by atoms with E-state index in [4.69, 9.17) is 10.5 Å². The van der Waals surface area contributed by atoms with Gasteiger partial charge in [-0.1, -0.05) is 20.3 Å². The van der Waals surface area contributed by atoms with Gasteiger partial charge in [-0.15, -0.1) is 0 Å². The first-order chi connectivity index (χ1) is 7.49. The quantitative estimate of drug-likeness (QED) is 0.783. The molecule has 2 aliphatic rings. The third kappa shape index (κ3) is 3.21. The number of hydrogen-bond acceptors (Lipinski definition) is 2. The molecule has 2 N–H and O–H groups in total. The van der Waals surface area contributed by atoms with Gasteiger partial charge in [0.15, 0.2) is 0 Å². The molecule has 16 heavy (non-hydrogen) atoms. The molecular weight excluding hydrogens is 198 g/mol. The van der Waals surface area contributed by atoms with Gasteiger partial charge >= 0.3 is 0 Å². The molecule has 2 fully saturated rings. The molecule has 2 nitrogen and oxygen atoms in total. The Labute approximate surface area is 99.9 Å². The van der Waals surface area contributed by atoms with E-state index < -0.39 is 0 Å². The summed E-state index contributed by atoms with van der Waals surface area (Å²) in [6.45, 7) is 6.64. The predicted octanol–water partition coefficient (Wildman–Crippen LogP) is 3.10. The largest absolute Gasteiger partial charge is 0.381 e. The van der Waals surface area contributed by atoms with Crippen LogP contribution in [0.25, 0.3) is 0 Å². The van der Waals surface area contributed by atoms with E-state index in [1.54, 1.807) is 0 Å². The van der Waals surface area contributed by atoms with E-state index in [1.165, 1.54) is 44.9 Å². The average Bonchev–Trinajstić information content (AvgIpc) is 2.16. The first-order valence-corrected chi connectivity index (χ1v) is 6.86. The fraction of sp³-hybridized carbons (Fsp3) is 1.00. The topological polar surface area (TPSA) is 35.2 Å². The lowest BCUT2D eigenvalue weighted by molar-refractivity contribution is 0.0441. The maximum absolute atomic E-state index is 6.62. The van der Waals surface area contributed by atoms with Gasteiger partial charge < -0.3 is 10.5 Å². The van der Waals surface area contributed by atoms with E-state index in [0.29, 0.717) is 5.41 Å². The number of nitrogens with two attached hydrogens (primary N) is 1. The van der Waals surface area contributed by atoms with Crippen LogP contribution in [0.2, 0.25) is 0 Å². The molecular formula is C14H27NO. The van der Waals surface area contributed by atoms with Crippen LogP contribution in [0.1, 0.15) is 58.8 Å². The Morgan fingerprint density at radius 3 is 2.50 bits per heavy atom. The minimum absolute atomic E-state index is 0.115. The molecule has 1 aliphatic heterocycles. The number of hydrogen-bond donors (Lipinski definition) is 1. The van der Waals surface area contributed by atoms with Crippen molar-refractivity contribution in [3.05, 3.63) is 0 Å². The molecule has 0 aromatic heterocycles. The van der Waals surface area contributed by atoms with Gasteiger partial charge in [0.25, 0.3) is 0 Å². The summed E-state index contributed by atoms with van der Waals surface area (Å²) in [5.74, 6) is 0.813. The molecule has 1 unspecified atom stereocenters. The number of ether oxygens (including phenoxy) is 1. The average molecular weight is 225 g/mol. The fourth-order valence-corrected chi connectivity index (χ4v) is 3.75. The molecule has 2 heteroatoms. The summed E-state index contributed by atoms with van der Waals surface area (Å²) in [4.78, 5) is 0. The van der Waals surface area contributed by atoms with Gasteiger partial charge in [-0.2, -0.15) is 0 Å². The van der Waals surface area contributed by atoms with E-state index in [2.05, 4.69) is 13.8 Å². The maximum atomic E-state index is 6.62. The summed E-state index contributed by atoms with van der Waals surface area (Å²) in [6, 6.07) is 0. The van der Waals surface area contributed by atoms with Crippen LogP contribution in [0.3, 0.4) is 0 Å². The van der Waals surface area contributed by atoms with Gasteiger partial charge in [0, 0.05) is 18.8 Å². The molecule has 0 spiro atoms. The third-order valence-electron chi connectivity index (χ3n) is 4.39. The van der Waals surface area contributed by atoms with Gasteiger partial charge in [0.2, 0.25) is 0 Å². The zero-order chi connectivity index (χ0) is 11.6. The van der Waals surface area contributed by atoms with Crippen molar-refractivity contribution < 1.29 is 4.74 Å². The summed E-state index contributed by atoms with van der Waals surface area (Å²) in [6.07, 6.45) is 8.76. The lowest BCUT2D eigenvalue weighted by Gasteiger charge is -2.44. The lowest BCUT2D eigenvalue weighted by Crippen LogP contribution is -2.48. The van der Waals surface area contributed by atoms with Gasteiger partial charge in [-0.05, 0) is 49.9 Å². The highest BCUT2D eigenvalue weighted by Gasteiger charge is 2.38. The van der Waals surface area contributed by atoms with Crippen molar-refractivity contribution in [3.8, 4) is 0 Å². The Balaban J connectivity index is 1.90. The molecule has 1 heterocycles. The van der Waals surface area contributed by atoms with Crippen molar-refractivity contribution in [1.82, 2.24) is 0 Å². The van der Waals surface area contributed by atoms with E-state index in [-0.39, 0.29) is 5.54 Å². The number of rotatable bonds is 2. The smallest absolute Gasteiger partial charge is 0.0468 e. The standard InChI is InChI=1S/C14H27NO/c1-13(2)6-3-7-14(15,11-13)10-12-4-8-16-9-5-12/h12H,3-11,15H2,1-2H3. The van der Waals surface area contributed by atoms with Gasteiger partial charge in [-0.3, -0.25) is 0 Å². The van der Waals surface area contributed by atoms with Crippen molar-refractivity contribution in [2.75, 3.05) is 13.2 Å². The summed E-state index contributed by atoms with van der Waals surface area (Å²) in [5, 5.41) is 0. The molecule has 1 aliphatic carbocycles. The SMILES string of the molecule is CC1(C)CCCC(N)(CC2CCOCC2)C1. The molecule has 0 radical (unpaired) electrons. The molecule has 2 rings (SSSR count). The Morgan fingerprint density at radius 1 is 1.19 bits per heavy atom. The van der Waals surface area contributed by atoms with Crippen LogP contribution in [0, 0.1) is 11.3 Å². The maximum Gasteiger partial charge on any atom is 0.0468 e. The van der Waals surface area contributed by atoms with Crippen LogP contribution in [0.5, 0.6) is 0 Å². The van der Waals surface area contributed by atoms with Crippen molar-refractivity contribution in [2.24, 2.45) is 17.1 Å². The van der Waals surface area contributed by atoms with Crippen LogP contribution in [-0.2, 0) is 4.74 Å². The van der Waals surface area contributed by atoms with E-state index in [9.17, 15) is 0 Å². The predicted molar refractivity (Wildman–Crippen MR) is 67.3 cm³/mol. The highest BCUT2D eigenvalue weighted by molar-refractivity contribution is 4.95. The molecule has 1 atom stereocenters. The molecule has 0 amide bonds. The van der Waals surface area contributed by atoms with E-state index in [1.807, 2.05) is 0 Å². The van der Waals surface area contributed by atoms with Crippen molar-refractivity contribution >= 4 is 0 Å². The summed E-state index contributed by atoms with van der Waals surface area (Å²) in [7, 11) is 0. The Kier molecular flexibility index (Phi) is 3.60. The summed E-state index contributed by atoms with van der Waals surface area (Å²) >= 11 is 0. The summed E-state index contributed by atoms with van der Waals surface area (Å²) < 4.78 is 5.42. The van der Waals surface area contributed by atoms with Crippen molar-refractivity contribution in [3.63, 3.8) is 0 Å². The molecule has 0 bridgehead atoms. The molecule has 0 aromatic carbocycles. The Morgan fingerprint density at radius 2 is 1.88 bits per heavy atom. The van der Waals surface area contributed by atoms with Gasteiger partial charge in [0.05, 0.1) is 0 Å². The third-order valence-corrected chi connectivity index (χ3v) is 4.39. The van der Waals surface area contributed by atoms with Crippen LogP contribution in [0.4, 0.5) is 0 Å². The van der Waals surface area contributed by atoms with Crippen molar-refractivity contribution in [1.29, 1.82) is 0 Å². The van der Waals surface area contributed by atoms with Crippen LogP contribution < -0.4 is 5.73 Å². The van der Waals surface area contributed by atoms with Crippen LogP contribution in [0.15, 0.2) is 0 Å². The Hall–Kier alpha value is -0.0800. The first kappa shape index (κ1) is 12.4. The molecule has 1 saturated carbocycles. The normalized spacial score (nSPS) is 36.2. The highest BCUT2D eigenvalue weighted by Crippen LogP contribution is 2.43. The van der Waals surface area contributed by atoms with Gasteiger partial charge in [0.1, 0.15) is 0 Å². The molecule has 0 aromatic rings. The minimum atomic E-state index is 0.115. The van der Waals surface area contributed by atoms with Crippen LogP contribution in [-0.4, -0.2) is 18.8 Å². The highest BCUT2D eigenvalue weighted by atomic mass is 16.5. The second kappa shape index (κ2) is 4.66. The zero-order valence-corrected chi connectivity index (χ0v) is 10.9. The zero-order valence-electron chi connectivity index (χ0n) is 10.9. The molecule has 94 valence electrons. The molecule has 1 saturated heterocycles. The monoisotopic (exact) mass is 225 g/mol. The Bertz CT molecular complexity index is 233. The summed E-state index contributed by atoms with van der Waals surface area (Å²) in [5.41, 5.74) is 7.20. The van der Waals surface area contributed by atoms with Gasteiger partial charge in [-0.25, -0.2) is 0 Å². The second-order valence-electron chi connectivity index (χ2n) is 6.82. The van der Waals surface area contributed by atoms with E-state index in [0.717, 1.165) is 19.1 Å². The van der Waals surface area contributed by atoms with Crippen molar-refractivity contribution in [2.45, 2.75) is 64.3 Å².